The number of nitrogens with two attached hydrogens (primary N) is 1. The number of nitrogens with one attached hydrogen (secondary N) is 1. The van der Waals surface area contributed by atoms with Crippen LogP contribution in [0.15, 0.2) is 23.0 Å². The van der Waals surface area contributed by atoms with Gasteiger partial charge in [-0.05, 0) is 45.1 Å². The van der Waals surface area contributed by atoms with Gasteiger partial charge in [-0.3, -0.25) is 9.78 Å². The number of hydrogen-bond donors (Lipinski definition) is 2. The largest absolute Gasteiger partial charge is 0.399 e. The van der Waals surface area contributed by atoms with E-state index in [1.54, 1.807) is 18.2 Å². The molecule has 1 aromatic carbocycles. The molecule has 0 radical (unpaired) electrons. The van der Waals surface area contributed by atoms with E-state index in [9.17, 15) is 4.79 Å². The van der Waals surface area contributed by atoms with Gasteiger partial charge >= 0.3 is 0 Å². The molecule has 1 aromatic heterocycles. The summed E-state index contributed by atoms with van der Waals surface area (Å²) >= 11 is 0. The second kappa shape index (κ2) is 5.37. The number of nitrogens with zero attached hydrogens (tertiary/aromatic N) is 3. The van der Waals surface area contributed by atoms with Crippen molar-refractivity contribution in [3.05, 3.63) is 28.6 Å². The lowest BCUT2D eigenvalue weighted by molar-refractivity contribution is 0.249. The zero-order valence-electron chi connectivity index (χ0n) is 12.5. The fraction of sp³-hybridized carbons (Fsp3) is 0.467. The maximum Gasteiger partial charge on any atom is 0.260 e. The van der Waals surface area contributed by atoms with E-state index in [4.69, 9.17) is 5.73 Å². The van der Waals surface area contributed by atoms with Crippen LogP contribution in [-0.4, -0.2) is 48.1 Å². The quantitative estimate of drug-likeness (QED) is 0.807. The van der Waals surface area contributed by atoms with Crippen LogP contribution in [0.4, 0.5) is 11.6 Å². The summed E-state index contributed by atoms with van der Waals surface area (Å²) in [6, 6.07) is 5.85. The van der Waals surface area contributed by atoms with Crippen LogP contribution < -0.4 is 16.2 Å². The number of anilines is 2. The molecule has 2 aromatic rings. The van der Waals surface area contributed by atoms with E-state index in [0.717, 1.165) is 25.9 Å². The van der Waals surface area contributed by atoms with E-state index >= 15 is 0 Å². The molecular weight excluding hydrogens is 266 g/mol. The van der Waals surface area contributed by atoms with Gasteiger partial charge < -0.3 is 15.5 Å². The second-order valence-electron chi connectivity index (χ2n) is 5.85. The van der Waals surface area contributed by atoms with Crippen molar-refractivity contribution in [3.63, 3.8) is 0 Å². The third-order valence-electron chi connectivity index (χ3n) is 4.21. The lowest BCUT2D eigenvalue weighted by Gasteiger charge is -2.35. The van der Waals surface area contributed by atoms with Crippen LogP contribution in [0.25, 0.3) is 10.9 Å². The van der Waals surface area contributed by atoms with Gasteiger partial charge in [0.05, 0.1) is 10.9 Å². The normalized spacial score (nSPS) is 16.8. The first kappa shape index (κ1) is 13.9. The number of nitrogen functional groups attached to an aromatic ring is 1. The highest BCUT2D eigenvalue weighted by Crippen LogP contribution is 2.20. The van der Waals surface area contributed by atoms with Crippen LogP contribution in [0.5, 0.6) is 0 Å². The Morgan fingerprint density at radius 1 is 1.33 bits per heavy atom. The monoisotopic (exact) mass is 287 g/mol. The molecule has 0 bridgehead atoms. The van der Waals surface area contributed by atoms with Gasteiger partial charge in [0.15, 0.2) is 0 Å². The van der Waals surface area contributed by atoms with Crippen molar-refractivity contribution < 1.29 is 0 Å². The molecule has 3 rings (SSSR count). The Hall–Kier alpha value is -2.08. The molecule has 0 unspecified atom stereocenters. The Labute approximate surface area is 123 Å². The molecule has 6 heteroatoms. The summed E-state index contributed by atoms with van der Waals surface area (Å²) in [5.41, 5.74) is 6.86. The molecule has 2 heterocycles. The highest BCUT2D eigenvalue weighted by Gasteiger charge is 2.22. The molecular formula is C15H21N5O. The SMILES string of the molecule is CN(C)C1CCN(c2nc3ccc(N)cc3c(=O)[nH]2)CC1. The first-order chi connectivity index (χ1) is 10.0. The van der Waals surface area contributed by atoms with Crippen molar-refractivity contribution in [1.29, 1.82) is 0 Å². The van der Waals surface area contributed by atoms with Gasteiger partial charge in [0.2, 0.25) is 5.95 Å². The summed E-state index contributed by atoms with van der Waals surface area (Å²) in [5.74, 6) is 0.662. The van der Waals surface area contributed by atoms with Crippen molar-refractivity contribution in [2.24, 2.45) is 0 Å². The Balaban J connectivity index is 1.89. The zero-order valence-corrected chi connectivity index (χ0v) is 12.5. The summed E-state index contributed by atoms with van der Waals surface area (Å²) < 4.78 is 0. The number of H-pyrrole nitrogens is 1. The Morgan fingerprint density at radius 3 is 2.71 bits per heavy atom. The van der Waals surface area contributed by atoms with E-state index in [-0.39, 0.29) is 5.56 Å². The summed E-state index contributed by atoms with van der Waals surface area (Å²) in [6.07, 6.45) is 2.16. The van der Waals surface area contributed by atoms with Crippen LogP contribution >= 0.6 is 0 Å². The predicted octanol–water partition coefficient (Wildman–Crippen LogP) is 1.04. The highest BCUT2D eigenvalue weighted by atomic mass is 16.1. The Morgan fingerprint density at radius 2 is 2.05 bits per heavy atom. The minimum atomic E-state index is -0.128. The van der Waals surface area contributed by atoms with Crippen molar-refractivity contribution >= 4 is 22.5 Å². The number of hydrogen-bond acceptors (Lipinski definition) is 5. The summed E-state index contributed by atoms with van der Waals surface area (Å²) in [7, 11) is 4.22. The summed E-state index contributed by atoms with van der Waals surface area (Å²) in [4.78, 5) is 24.0. The second-order valence-corrected chi connectivity index (χ2v) is 5.85. The van der Waals surface area contributed by atoms with Crippen LogP contribution in [0.1, 0.15) is 12.8 Å². The Bertz CT molecular complexity index is 701. The Kier molecular flexibility index (Phi) is 3.55. The molecule has 0 amide bonds. The average molecular weight is 287 g/mol. The zero-order chi connectivity index (χ0) is 15.0. The number of aromatic amines is 1. The third-order valence-corrected chi connectivity index (χ3v) is 4.21. The van der Waals surface area contributed by atoms with Gasteiger partial charge in [-0.2, -0.15) is 0 Å². The average Bonchev–Trinajstić information content (AvgIpc) is 2.48. The number of benzene rings is 1. The molecule has 0 atom stereocenters. The molecule has 1 aliphatic rings. The molecule has 1 fully saturated rings. The maximum absolute atomic E-state index is 12.2. The summed E-state index contributed by atoms with van der Waals surface area (Å²) in [5, 5.41) is 0.543. The predicted molar refractivity (Wildman–Crippen MR) is 85.7 cm³/mol. The first-order valence-electron chi connectivity index (χ1n) is 7.25. The smallest absolute Gasteiger partial charge is 0.260 e. The van der Waals surface area contributed by atoms with Crippen molar-refractivity contribution in [3.8, 4) is 0 Å². The summed E-state index contributed by atoms with van der Waals surface area (Å²) in [6.45, 7) is 1.82. The van der Waals surface area contributed by atoms with E-state index in [1.807, 2.05) is 0 Å². The minimum Gasteiger partial charge on any atom is -0.399 e. The topological polar surface area (TPSA) is 78.2 Å². The van der Waals surface area contributed by atoms with Crippen LogP contribution in [-0.2, 0) is 0 Å². The number of fused-ring (bicyclic) bond motifs is 1. The van der Waals surface area contributed by atoms with Crippen LogP contribution in [0.3, 0.4) is 0 Å². The minimum absolute atomic E-state index is 0.128. The fourth-order valence-electron chi connectivity index (χ4n) is 2.89. The molecule has 0 aliphatic carbocycles. The highest BCUT2D eigenvalue weighted by molar-refractivity contribution is 5.81. The van der Waals surface area contributed by atoms with Gasteiger partial charge in [0.25, 0.3) is 5.56 Å². The molecule has 0 spiro atoms. The van der Waals surface area contributed by atoms with E-state index in [2.05, 4.69) is 33.9 Å². The fourth-order valence-corrected chi connectivity index (χ4v) is 2.89. The van der Waals surface area contributed by atoms with Crippen LogP contribution in [0, 0.1) is 0 Å². The van der Waals surface area contributed by atoms with Gasteiger partial charge in [-0.15, -0.1) is 0 Å². The number of piperidine rings is 1. The van der Waals surface area contributed by atoms with E-state index in [0.29, 0.717) is 28.6 Å². The standard InChI is InChI=1S/C15H21N5O/c1-19(2)11-5-7-20(8-6-11)15-17-13-4-3-10(16)9-12(13)14(21)18-15/h3-4,9,11H,5-8,16H2,1-2H3,(H,17,18,21). The molecule has 1 aliphatic heterocycles. The lowest BCUT2D eigenvalue weighted by atomic mass is 10.0. The van der Waals surface area contributed by atoms with E-state index < -0.39 is 0 Å². The molecule has 6 nitrogen and oxygen atoms in total. The maximum atomic E-state index is 12.2. The number of aromatic nitrogens is 2. The molecule has 0 saturated carbocycles. The van der Waals surface area contributed by atoms with Gasteiger partial charge in [0, 0.05) is 24.8 Å². The first-order valence-corrected chi connectivity index (χ1v) is 7.25. The van der Waals surface area contributed by atoms with Crippen molar-refractivity contribution in [1.82, 2.24) is 14.9 Å². The van der Waals surface area contributed by atoms with Crippen molar-refractivity contribution in [2.75, 3.05) is 37.8 Å². The van der Waals surface area contributed by atoms with Gasteiger partial charge in [-0.25, -0.2) is 4.98 Å². The molecule has 21 heavy (non-hydrogen) atoms. The van der Waals surface area contributed by atoms with Crippen LogP contribution in [0.2, 0.25) is 0 Å². The van der Waals surface area contributed by atoms with Gasteiger partial charge in [0.1, 0.15) is 0 Å². The third kappa shape index (κ3) is 2.71. The lowest BCUT2D eigenvalue weighted by Crippen LogP contribution is -2.43. The number of rotatable bonds is 2. The van der Waals surface area contributed by atoms with Gasteiger partial charge in [-0.1, -0.05) is 0 Å². The molecule has 112 valence electrons. The van der Waals surface area contributed by atoms with E-state index in [1.165, 1.54) is 0 Å². The molecule has 1 saturated heterocycles. The van der Waals surface area contributed by atoms with Crippen molar-refractivity contribution in [2.45, 2.75) is 18.9 Å². The molecule has 3 N–H and O–H groups in total.